The second-order valence-electron chi connectivity index (χ2n) is 4.34. The molecule has 12 heavy (non-hydrogen) atoms. The average molecular weight is 169 g/mol. The molecule has 1 aliphatic carbocycles. The second-order valence-corrected chi connectivity index (χ2v) is 4.34. The molecule has 0 radical (unpaired) electrons. The fraction of sp³-hybridized carbons (Fsp3) is 0.889. The van der Waals surface area contributed by atoms with E-state index in [0.717, 1.165) is 31.2 Å². The first kappa shape index (κ1) is 7.90. The molecule has 0 aromatic heterocycles. The molecular weight excluding hydrogens is 154 g/mol. The highest BCUT2D eigenvalue weighted by atomic mass is 16.6. The van der Waals surface area contributed by atoms with Gasteiger partial charge in [0.1, 0.15) is 5.60 Å². The molecule has 1 saturated heterocycles. The number of carbonyl (C=O) groups excluding carboxylic acids is 1. The lowest BCUT2D eigenvalue weighted by atomic mass is 9.66. The summed E-state index contributed by atoms with van der Waals surface area (Å²) in [4.78, 5) is 10.8. The third-order valence-electron chi connectivity index (χ3n) is 3.08. The van der Waals surface area contributed by atoms with Crippen LogP contribution in [0.4, 0.5) is 4.79 Å². The minimum absolute atomic E-state index is 0.119. The Bertz CT molecular complexity index is 207. The standard InChI is InChI=1S/C9H15NO2/c1-6(2)7-3-9(4-7)5-10-8(11)12-9/h6-7H,3-5H2,1-2H3,(H,10,11)/t7-,9-. The van der Waals surface area contributed by atoms with Crippen molar-refractivity contribution in [2.75, 3.05) is 6.54 Å². The van der Waals surface area contributed by atoms with Gasteiger partial charge in [0, 0.05) is 0 Å². The summed E-state index contributed by atoms with van der Waals surface area (Å²) < 4.78 is 5.22. The Hall–Kier alpha value is -0.730. The van der Waals surface area contributed by atoms with Gasteiger partial charge in [-0.3, -0.25) is 0 Å². The van der Waals surface area contributed by atoms with E-state index in [2.05, 4.69) is 19.2 Å². The SMILES string of the molecule is CC(C)[C@H]1C[C@@]2(CNC(=O)O2)C1. The number of hydrogen-bond donors (Lipinski definition) is 1. The van der Waals surface area contributed by atoms with Crippen LogP contribution in [0.25, 0.3) is 0 Å². The fourth-order valence-corrected chi connectivity index (χ4v) is 2.10. The highest BCUT2D eigenvalue weighted by Gasteiger charge is 2.51. The molecular formula is C9H15NO2. The van der Waals surface area contributed by atoms with Gasteiger partial charge in [0.25, 0.3) is 0 Å². The zero-order valence-electron chi connectivity index (χ0n) is 7.59. The Morgan fingerprint density at radius 2 is 2.25 bits per heavy atom. The van der Waals surface area contributed by atoms with E-state index < -0.39 is 0 Å². The Kier molecular flexibility index (Phi) is 1.56. The van der Waals surface area contributed by atoms with Crippen molar-refractivity contribution >= 4 is 6.09 Å². The number of alkyl carbamates (subject to hydrolysis) is 1. The Morgan fingerprint density at radius 3 is 2.67 bits per heavy atom. The molecule has 2 aliphatic rings. The summed E-state index contributed by atoms with van der Waals surface area (Å²) in [7, 11) is 0. The predicted molar refractivity (Wildman–Crippen MR) is 44.8 cm³/mol. The van der Waals surface area contributed by atoms with Gasteiger partial charge in [-0.05, 0) is 24.7 Å². The lowest BCUT2D eigenvalue weighted by molar-refractivity contribution is -0.0605. The van der Waals surface area contributed by atoms with Crippen LogP contribution in [-0.2, 0) is 4.74 Å². The van der Waals surface area contributed by atoms with E-state index in [1.54, 1.807) is 0 Å². The molecule has 3 heteroatoms. The summed E-state index contributed by atoms with van der Waals surface area (Å²) in [6, 6.07) is 0. The molecule has 2 rings (SSSR count). The van der Waals surface area contributed by atoms with Crippen LogP contribution in [0, 0.1) is 11.8 Å². The van der Waals surface area contributed by atoms with Crippen LogP contribution in [0.5, 0.6) is 0 Å². The zero-order chi connectivity index (χ0) is 8.77. The van der Waals surface area contributed by atoms with Gasteiger partial charge in [-0.15, -0.1) is 0 Å². The molecule has 0 aromatic rings. The van der Waals surface area contributed by atoms with Crippen LogP contribution in [0.15, 0.2) is 0 Å². The maximum Gasteiger partial charge on any atom is 0.407 e. The highest BCUT2D eigenvalue weighted by molar-refractivity contribution is 5.70. The lowest BCUT2D eigenvalue weighted by Gasteiger charge is -2.44. The third kappa shape index (κ3) is 1.08. The number of hydrogen-bond acceptors (Lipinski definition) is 2. The van der Waals surface area contributed by atoms with Gasteiger partial charge in [0.2, 0.25) is 0 Å². The van der Waals surface area contributed by atoms with Crippen LogP contribution in [0.2, 0.25) is 0 Å². The summed E-state index contributed by atoms with van der Waals surface area (Å²) in [6.45, 7) is 5.17. The van der Waals surface area contributed by atoms with Crippen LogP contribution in [0.1, 0.15) is 26.7 Å². The quantitative estimate of drug-likeness (QED) is 0.646. The van der Waals surface area contributed by atoms with Gasteiger partial charge in [0.15, 0.2) is 0 Å². The Morgan fingerprint density at radius 1 is 1.58 bits per heavy atom. The summed E-state index contributed by atoms with van der Waals surface area (Å²) in [5, 5.41) is 2.71. The first-order valence-electron chi connectivity index (χ1n) is 4.58. The maximum atomic E-state index is 10.8. The minimum atomic E-state index is -0.239. The Balaban J connectivity index is 1.91. The van der Waals surface area contributed by atoms with Gasteiger partial charge in [-0.25, -0.2) is 4.79 Å². The van der Waals surface area contributed by atoms with E-state index in [1.807, 2.05) is 0 Å². The highest BCUT2D eigenvalue weighted by Crippen LogP contribution is 2.45. The number of rotatable bonds is 1. The third-order valence-corrected chi connectivity index (χ3v) is 3.08. The van der Waals surface area contributed by atoms with Crippen molar-refractivity contribution in [3.63, 3.8) is 0 Å². The monoisotopic (exact) mass is 169 g/mol. The Labute approximate surface area is 72.5 Å². The van der Waals surface area contributed by atoms with Crippen molar-refractivity contribution < 1.29 is 9.53 Å². The summed E-state index contributed by atoms with van der Waals surface area (Å²) in [6.07, 6.45) is 1.85. The van der Waals surface area contributed by atoms with Gasteiger partial charge in [-0.2, -0.15) is 0 Å². The fourth-order valence-electron chi connectivity index (χ4n) is 2.10. The van der Waals surface area contributed by atoms with Gasteiger partial charge < -0.3 is 10.1 Å². The summed E-state index contributed by atoms with van der Waals surface area (Å²) >= 11 is 0. The predicted octanol–water partition coefficient (Wildman–Crippen LogP) is 1.53. The van der Waals surface area contributed by atoms with E-state index in [0.29, 0.717) is 0 Å². The molecule has 1 saturated carbocycles. The molecule has 1 heterocycles. The van der Waals surface area contributed by atoms with Crippen LogP contribution >= 0.6 is 0 Å². The number of nitrogens with one attached hydrogen (secondary N) is 1. The van der Waals surface area contributed by atoms with Crippen molar-refractivity contribution in [2.45, 2.75) is 32.3 Å². The van der Waals surface area contributed by atoms with Crippen molar-refractivity contribution in [2.24, 2.45) is 11.8 Å². The molecule has 0 atom stereocenters. The first-order chi connectivity index (χ1) is 5.61. The normalized spacial score (nSPS) is 39.6. The smallest absolute Gasteiger partial charge is 0.407 e. The lowest BCUT2D eigenvalue weighted by Crippen LogP contribution is -2.48. The zero-order valence-corrected chi connectivity index (χ0v) is 7.59. The minimum Gasteiger partial charge on any atom is -0.441 e. The van der Waals surface area contributed by atoms with Gasteiger partial charge >= 0.3 is 6.09 Å². The van der Waals surface area contributed by atoms with Crippen molar-refractivity contribution in [3.8, 4) is 0 Å². The maximum absolute atomic E-state index is 10.8. The van der Waals surface area contributed by atoms with Crippen molar-refractivity contribution in [1.29, 1.82) is 0 Å². The van der Waals surface area contributed by atoms with Gasteiger partial charge in [-0.1, -0.05) is 13.8 Å². The topological polar surface area (TPSA) is 38.3 Å². The van der Waals surface area contributed by atoms with Crippen molar-refractivity contribution in [1.82, 2.24) is 5.32 Å². The van der Waals surface area contributed by atoms with Crippen LogP contribution in [-0.4, -0.2) is 18.2 Å². The molecule has 1 spiro atoms. The van der Waals surface area contributed by atoms with E-state index in [4.69, 9.17) is 4.74 Å². The first-order valence-corrected chi connectivity index (χ1v) is 4.58. The number of ether oxygens (including phenoxy) is 1. The molecule has 0 aromatic carbocycles. The number of carbonyl (C=O) groups is 1. The molecule has 2 fully saturated rings. The molecule has 0 bridgehead atoms. The summed E-state index contributed by atoms with van der Waals surface area (Å²) in [5.74, 6) is 1.47. The van der Waals surface area contributed by atoms with E-state index in [1.165, 1.54) is 0 Å². The van der Waals surface area contributed by atoms with E-state index in [9.17, 15) is 4.79 Å². The molecule has 0 unspecified atom stereocenters. The molecule has 3 nitrogen and oxygen atoms in total. The average Bonchev–Trinajstić information content (AvgIpc) is 2.27. The number of amides is 1. The molecule has 1 aliphatic heterocycles. The van der Waals surface area contributed by atoms with Crippen LogP contribution in [0.3, 0.4) is 0 Å². The second kappa shape index (κ2) is 2.38. The molecule has 68 valence electrons. The van der Waals surface area contributed by atoms with E-state index >= 15 is 0 Å². The van der Waals surface area contributed by atoms with E-state index in [-0.39, 0.29) is 11.7 Å². The largest absolute Gasteiger partial charge is 0.441 e. The van der Waals surface area contributed by atoms with Crippen molar-refractivity contribution in [3.05, 3.63) is 0 Å². The van der Waals surface area contributed by atoms with Gasteiger partial charge in [0.05, 0.1) is 6.54 Å². The van der Waals surface area contributed by atoms with Crippen LogP contribution < -0.4 is 5.32 Å². The molecule has 1 N–H and O–H groups in total. The summed E-state index contributed by atoms with van der Waals surface area (Å²) in [5.41, 5.74) is -0.119. The molecule has 1 amide bonds.